The molecule has 1 heterocycles. The number of carbonyl (C=O) groups is 1. The molecule has 2 N–H and O–H groups in total. The third kappa shape index (κ3) is 6.58. The van der Waals surface area contributed by atoms with Crippen LogP contribution in [0.1, 0.15) is 20.8 Å². The first-order valence-electron chi connectivity index (χ1n) is 10.2. The van der Waals surface area contributed by atoms with Crippen LogP contribution in [0.25, 0.3) is 0 Å². The van der Waals surface area contributed by atoms with Crippen LogP contribution >= 0.6 is 0 Å². The number of nitrogens with one attached hydrogen (secondary N) is 2. The number of sulfonamides is 2. The third-order valence-corrected chi connectivity index (χ3v) is 7.00. The highest BCUT2D eigenvalue weighted by atomic mass is 32.2. The molecule has 0 aromatic heterocycles. The Kier molecular flexibility index (Phi) is 7.10. The van der Waals surface area contributed by atoms with E-state index in [2.05, 4.69) is 10.0 Å². The van der Waals surface area contributed by atoms with Crippen molar-refractivity contribution in [3.63, 3.8) is 0 Å². The summed E-state index contributed by atoms with van der Waals surface area (Å²) in [5.41, 5.74) is -0.365. The van der Waals surface area contributed by atoms with E-state index in [0.717, 1.165) is 34.8 Å². The topological polar surface area (TPSA) is 131 Å². The number of nitrogens with zero attached hydrogens (tertiary/aromatic N) is 1. The lowest BCUT2D eigenvalue weighted by atomic mass is 10.2. The summed E-state index contributed by atoms with van der Waals surface area (Å²) in [6, 6.07) is 8.67. The Morgan fingerprint density at radius 3 is 2.38 bits per heavy atom. The fraction of sp³-hybridized carbons (Fsp3) is 0.381. The van der Waals surface area contributed by atoms with E-state index in [9.17, 15) is 26.0 Å². The molecule has 1 atom stereocenters. The van der Waals surface area contributed by atoms with Gasteiger partial charge < -0.3 is 9.47 Å². The van der Waals surface area contributed by atoms with E-state index in [0.29, 0.717) is 0 Å². The van der Waals surface area contributed by atoms with Crippen LogP contribution < -0.4 is 19.1 Å². The molecule has 0 saturated heterocycles. The van der Waals surface area contributed by atoms with E-state index in [1.165, 1.54) is 18.2 Å². The van der Waals surface area contributed by atoms with Gasteiger partial charge in [0.25, 0.3) is 10.0 Å². The van der Waals surface area contributed by atoms with Crippen LogP contribution in [-0.4, -0.2) is 54.0 Å². The van der Waals surface area contributed by atoms with E-state index < -0.39 is 43.7 Å². The van der Waals surface area contributed by atoms with E-state index in [-0.39, 0.29) is 35.1 Å². The summed E-state index contributed by atoms with van der Waals surface area (Å²) in [4.78, 5) is 12.0. The van der Waals surface area contributed by atoms with Crippen molar-refractivity contribution in [3.8, 4) is 5.75 Å². The molecule has 13 heteroatoms. The number of benzene rings is 2. The Labute approximate surface area is 198 Å². The van der Waals surface area contributed by atoms with Crippen molar-refractivity contribution in [2.24, 2.45) is 0 Å². The van der Waals surface area contributed by atoms with Gasteiger partial charge in [-0.15, -0.1) is 0 Å². The Hall–Kier alpha value is -2.90. The Balaban J connectivity index is 1.98. The molecule has 0 spiro atoms. The number of ether oxygens (including phenoxy) is 2. The largest absolute Gasteiger partial charge is 0.485 e. The van der Waals surface area contributed by atoms with Crippen molar-refractivity contribution < 1.29 is 35.5 Å². The first-order valence-corrected chi connectivity index (χ1v) is 13.5. The molecular formula is C21H26FN3O7S2. The van der Waals surface area contributed by atoms with E-state index in [4.69, 9.17) is 9.47 Å². The molecule has 34 heavy (non-hydrogen) atoms. The first kappa shape index (κ1) is 25.7. The molecule has 0 saturated carbocycles. The van der Waals surface area contributed by atoms with Gasteiger partial charge >= 0.3 is 6.09 Å². The molecular weight excluding hydrogens is 489 g/mol. The molecule has 1 aliphatic rings. The Bertz CT molecular complexity index is 1270. The van der Waals surface area contributed by atoms with Gasteiger partial charge in [-0.05, 0) is 63.2 Å². The Morgan fingerprint density at radius 1 is 1.15 bits per heavy atom. The molecule has 1 amide bonds. The molecule has 3 rings (SSSR count). The number of fused-ring (bicyclic) bond motifs is 1. The lowest BCUT2D eigenvalue weighted by molar-refractivity contribution is 0.0636. The molecule has 2 aromatic carbocycles. The average Bonchev–Trinajstić information content (AvgIpc) is 2.70. The minimum atomic E-state index is -4.19. The normalized spacial score (nSPS) is 16.4. The second-order valence-corrected chi connectivity index (χ2v) is 12.4. The van der Waals surface area contributed by atoms with Gasteiger partial charge in [0.05, 0.1) is 23.4 Å². The minimum Gasteiger partial charge on any atom is -0.485 e. The van der Waals surface area contributed by atoms with E-state index in [1.54, 1.807) is 20.8 Å². The number of rotatable bonds is 6. The van der Waals surface area contributed by atoms with Crippen LogP contribution in [0, 0.1) is 5.82 Å². The zero-order chi connectivity index (χ0) is 25.3. The number of hydrogen-bond donors (Lipinski definition) is 2. The van der Waals surface area contributed by atoms with E-state index >= 15 is 0 Å². The van der Waals surface area contributed by atoms with Gasteiger partial charge in [0.2, 0.25) is 10.0 Å². The highest BCUT2D eigenvalue weighted by Crippen LogP contribution is 2.39. The van der Waals surface area contributed by atoms with Crippen LogP contribution in [0.2, 0.25) is 0 Å². The predicted molar refractivity (Wildman–Crippen MR) is 124 cm³/mol. The average molecular weight is 516 g/mol. The van der Waals surface area contributed by atoms with Crippen LogP contribution in [0.4, 0.5) is 20.6 Å². The van der Waals surface area contributed by atoms with Crippen molar-refractivity contribution in [1.82, 2.24) is 4.72 Å². The Morgan fingerprint density at radius 2 is 1.79 bits per heavy atom. The van der Waals surface area contributed by atoms with Gasteiger partial charge in [-0.25, -0.2) is 30.7 Å². The highest BCUT2D eigenvalue weighted by molar-refractivity contribution is 7.92. The molecule has 186 valence electrons. The van der Waals surface area contributed by atoms with Crippen molar-refractivity contribution in [2.75, 3.05) is 29.0 Å². The fourth-order valence-electron chi connectivity index (χ4n) is 3.12. The van der Waals surface area contributed by atoms with Crippen molar-refractivity contribution in [3.05, 3.63) is 48.3 Å². The summed E-state index contributed by atoms with van der Waals surface area (Å²) in [7, 11) is -7.73. The second kappa shape index (κ2) is 9.39. The third-order valence-electron chi connectivity index (χ3n) is 4.51. The van der Waals surface area contributed by atoms with Crippen LogP contribution in [-0.2, 0) is 24.8 Å². The summed E-state index contributed by atoms with van der Waals surface area (Å²) in [6.45, 7) is 4.70. The first-order chi connectivity index (χ1) is 15.6. The maximum Gasteiger partial charge on any atom is 0.412 e. The van der Waals surface area contributed by atoms with Crippen molar-refractivity contribution in [1.29, 1.82) is 0 Å². The maximum atomic E-state index is 13.4. The predicted octanol–water partition coefficient (Wildman–Crippen LogP) is 2.68. The number of amides is 1. The minimum absolute atomic E-state index is 0.119. The molecule has 0 radical (unpaired) electrons. The number of hydrogen-bond acceptors (Lipinski definition) is 7. The van der Waals surface area contributed by atoms with Crippen LogP contribution in [0.15, 0.2) is 47.4 Å². The summed E-state index contributed by atoms with van der Waals surface area (Å²) >= 11 is 0. The molecule has 1 aliphatic heterocycles. The van der Waals surface area contributed by atoms with Crippen molar-refractivity contribution in [2.45, 2.75) is 37.4 Å². The van der Waals surface area contributed by atoms with Gasteiger partial charge in [-0.2, -0.15) is 0 Å². The van der Waals surface area contributed by atoms with Gasteiger partial charge in [0.15, 0.2) is 0 Å². The zero-order valence-electron chi connectivity index (χ0n) is 19.0. The number of anilines is 2. The molecule has 0 fully saturated rings. The van der Waals surface area contributed by atoms with Gasteiger partial charge in [0, 0.05) is 12.2 Å². The maximum absolute atomic E-state index is 13.4. The smallest absolute Gasteiger partial charge is 0.412 e. The van der Waals surface area contributed by atoms with Gasteiger partial charge in [-0.1, -0.05) is 0 Å². The molecule has 0 aliphatic carbocycles. The quantitative estimate of drug-likeness (QED) is 0.605. The zero-order valence-corrected chi connectivity index (χ0v) is 20.7. The highest BCUT2D eigenvalue weighted by Gasteiger charge is 2.35. The van der Waals surface area contributed by atoms with Gasteiger partial charge in [0.1, 0.15) is 23.3 Å². The summed E-state index contributed by atoms with van der Waals surface area (Å²) in [6.07, 6.45) is -0.597. The number of carbonyl (C=O) groups excluding carboxylic acids is 1. The second-order valence-electron chi connectivity index (χ2n) is 8.66. The molecule has 0 unspecified atom stereocenters. The van der Waals surface area contributed by atoms with Crippen LogP contribution in [0.5, 0.6) is 5.75 Å². The summed E-state index contributed by atoms with van der Waals surface area (Å²) in [5.74, 6) is -0.438. The molecule has 0 bridgehead atoms. The van der Waals surface area contributed by atoms with Crippen molar-refractivity contribution >= 4 is 37.5 Å². The summed E-state index contributed by atoms with van der Waals surface area (Å²) in [5, 5.41) is 2.54. The monoisotopic (exact) mass is 515 g/mol. The van der Waals surface area contributed by atoms with E-state index in [1.807, 2.05) is 0 Å². The fourth-order valence-corrected chi connectivity index (χ4v) is 5.11. The number of halogens is 1. The van der Waals surface area contributed by atoms with Crippen LogP contribution in [0.3, 0.4) is 0 Å². The lowest BCUT2D eigenvalue weighted by Crippen LogP contribution is -2.48. The van der Waals surface area contributed by atoms with Gasteiger partial charge in [-0.3, -0.25) is 9.62 Å². The standard InChI is InChI=1S/C21H26FN3O7S2/c1-21(2,3)32-20(26)24-15-7-10-19-18(11-15)25(13-16(31-19)12-23-33(4,27)28)34(29,30)17-8-5-14(22)6-9-17/h5-11,16,23H,12-13H2,1-4H3,(H,24,26)/t16-/m0/s1. The molecule has 2 aromatic rings. The lowest BCUT2D eigenvalue weighted by Gasteiger charge is -2.35. The SMILES string of the molecule is CC(C)(C)OC(=O)Nc1ccc2c(c1)N(S(=O)(=O)c1ccc(F)cc1)C[C@H](CNS(C)(=O)=O)O2. The summed E-state index contributed by atoms with van der Waals surface area (Å²) < 4.78 is 77.6. The molecule has 10 nitrogen and oxygen atoms in total.